The molecule has 1 saturated heterocycles. The van der Waals surface area contributed by atoms with Crippen LogP contribution >= 0.6 is 0 Å². The van der Waals surface area contributed by atoms with E-state index in [4.69, 9.17) is 9.47 Å². The molecule has 1 aromatic carbocycles. The number of nitrogens with zero attached hydrogens (tertiary/aromatic N) is 2. The molecule has 1 aromatic rings. The van der Waals surface area contributed by atoms with Crippen molar-refractivity contribution in [3.63, 3.8) is 0 Å². The van der Waals surface area contributed by atoms with Gasteiger partial charge in [-0.2, -0.15) is 5.26 Å². The molecule has 0 amide bonds. The minimum Gasteiger partial charge on any atom is -0.497 e. The average molecular weight is 288 g/mol. The number of methoxy groups -OCH3 is 2. The summed E-state index contributed by atoms with van der Waals surface area (Å²) in [5.41, 5.74) is 1.19. The van der Waals surface area contributed by atoms with E-state index in [1.807, 2.05) is 18.2 Å². The van der Waals surface area contributed by atoms with Crippen molar-refractivity contribution < 1.29 is 9.47 Å². The van der Waals surface area contributed by atoms with E-state index in [9.17, 15) is 5.26 Å². The van der Waals surface area contributed by atoms with Gasteiger partial charge in [-0.1, -0.05) is 0 Å². The number of rotatable bonds is 3. The SMILES string of the molecule is COc1cc(OC)cc([C@@H]2CN(C(C)(C)C)C[C@H]2C#N)c1. The summed E-state index contributed by atoms with van der Waals surface area (Å²) in [4.78, 5) is 2.37. The van der Waals surface area contributed by atoms with Crippen LogP contribution in [0.4, 0.5) is 0 Å². The third kappa shape index (κ3) is 3.30. The van der Waals surface area contributed by atoms with Gasteiger partial charge in [-0.25, -0.2) is 0 Å². The molecule has 2 atom stereocenters. The molecule has 2 rings (SSSR count). The number of ether oxygens (including phenoxy) is 2. The second-order valence-electron chi connectivity index (χ2n) is 6.56. The standard InChI is InChI=1S/C17H24N2O2/c1-17(2,3)19-10-13(9-18)16(11-19)12-6-14(20-4)8-15(7-12)21-5/h6-8,13,16H,10-11H2,1-5H3/t13-,16+/m1/s1. The van der Waals surface area contributed by atoms with Crippen molar-refractivity contribution in [3.8, 4) is 17.6 Å². The predicted molar refractivity (Wildman–Crippen MR) is 82.7 cm³/mol. The molecule has 0 N–H and O–H groups in total. The third-order valence-electron chi connectivity index (χ3n) is 4.24. The lowest BCUT2D eigenvalue weighted by atomic mass is 9.89. The fourth-order valence-corrected chi connectivity index (χ4v) is 2.86. The molecule has 1 aliphatic heterocycles. The molecule has 4 nitrogen and oxygen atoms in total. The Bertz CT molecular complexity index is 520. The molecular weight excluding hydrogens is 264 g/mol. The Morgan fingerprint density at radius 3 is 2.10 bits per heavy atom. The van der Waals surface area contributed by atoms with E-state index < -0.39 is 0 Å². The van der Waals surface area contributed by atoms with Gasteiger partial charge in [0.15, 0.2) is 0 Å². The first-order valence-electron chi connectivity index (χ1n) is 7.26. The van der Waals surface area contributed by atoms with E-state index in [2.05, 4.69) is 31.7 Å². The Kier molecular flexibility index (Phi) is 4.43. The largest absolute Gasteiger partial charge is 0.497 e. The third-order valence-corrected chi connectivity index (χ3v) is 4.24. The summed E-state index contributed by atoms with van der Waals surface area (Å²) in [5.74, 6) is 1.74. The maximum Gasteiger partial charge on any atom is 0.122 e. The molecule has 0 bridgehead atoms. The zero-order chi connectivity index (χ0) is 15.6. The lowest BCUT2D eigenvalue weighted by Crippen LogP contribution is -2.39. The van der Waals surface area contributed by atoms with E-state index in [0.717, 1.165) is 30.2 Å². The van der Waals surface area contributed by atoms with Crippen LogP contribution in [0.25, 0.3) is 0 Å². The molecule has 0 aliphatic carbocycles. The van der Waals surface area contributed by atoms with E-state index in [-0.39, 0.29) is 17.4 Å². The highest BCUT2D eigenvalue weighted by Gasteiger charge is 2.38. The van der Waals surface area contributed by atoms with Crippen LogP contribution < -0.4 is 9.47 Å². The van der Waals surface area contributed by atoms with Gasteiger partial charge in [0.2, 0.25) is 0 Å². The number of benzene rings is 1. The predicted octanol–water partition coefficient (Wildman–Crippen LogP) is 3.04. The van der Waals surface area contributed by atoms with Crippen molar-refractivity contribution in [3.05, 3.63) is 23.8 Å². The molecule has 0 aromatic heterocycles. The first kappa shape index (κ1) is 15.7. The first-order chi connectivity index (χ1) is 9.88. The number of nitriles is 1. The summed E-state index contributed by atoms with van der Waals surface area (Å²) in [5, 5.41) is 9.50. The van der Waals surface area contributed by atoms with E-state index in [0.29, 0.717) is 0 Å². The average Bonchev–Trinajstić information content (AvgIpc) is 2.91. The Balaban J connectivity index is 2.34. The minimum atomic E-state index is 0.000960. The van der Waals surface area contributed by atoms with Crippen molar-refractivity contribution in [2.24, 2.45) is 5.92 Å². The highest BCUT2D eigenvalue weighted by Crippen LogP contribution is 2.38. The topological polar surface area (TPSA) is 45.5 Å². The van der Waals surface area contributed by atoms with Crippen LogP contribution in [0, 0.1) is 17.2 Å². The second-order valence-corrected chi connectivity index (χ2v) is 6.56. The zero-order valence-corrected chi connectivity index (χ0v) is 13.5. The van der Waals surface area contributed by atoms with Crippen LogP contribution in [0.5, 0.6) is 11.5 Å². The van der Waals surface area contributed by atoms with Gasteiger partial charge in [0.05, 0.1) is 26.2 Å². The van der Waals surface area contributed by atoms with Gasteiger partial charge in [0.1, 0.15) is 11.5 Å². The smallest absolute Gasteiger partial charge is 0.122 e. The van der Waals surface area contributed by atoms with Crippen LogP contribution in [0.3, 0.4) is 0 Å². The van der Waals surface area contributed by atoms with Gasteiger partial charge in [0, 0.05) is 30.6 Å². The van der Waals surface area contributed by atoms with Gasteiger partial charge in [-0.3, -0.25) is 4.90 Å². The van der Waals surface area contributed by atoms with Gasteiger partial charge in [-0.15, -0.1) is 0 Å². The monoisotopic (exact) mass is 288 g/mol. The van der Waals surface area contributed by atoms with Crippen molar-refractivity contribution in [1.29, 1.82) is 5.26 Å². The summed E-state index contributed by atoms with van der Waals surface area (Å²) in [6.45, 7) is 8.27. The van der Waals surface area contributed by atoms with Gasteiger partial charge < -0.3 is 9.47 Å². The van der Waals surface area contributed by atoms with Crippen LogP contribution in [-0.4, -0.2) is 37.7 Å². The first-order valence-corrected chi connectivity index (χ1v) is 7.26. The second kappa shape index (κ2) is 5.95. The molecule has 21 heavy (non-hydrogen) atoms. The van der Waals surface area contributed by atoms with Crippen molar-refractivity contribution in [2.45, 2.75) is 32.2 Å². The summed E-state index contributed by atoms with van der Waals surface area (Å²) in [6, 6.07) is 8.36. The summed E-state index contributed by atoms with van der Waals surface area (Å²) < 4.78 is 10.7. The molecule has 114 valence electrons. The van der Waals surface area contributed by atoms with Crippen molar-refractivity contribution >= 4 is 0 Å². The maximum atomic E-state index is 9.50. The Labute approximate surface area is 127 Å². The molecule has 1 aliphatic rings. The van der Waals surface area contributed by atoms with Gasteiger partial charge in [0.25, 0.3) is 0 Å². The van der Waals surface area contributed by atoms with Crippen molar-refractivity contribution in [1.82, 2.24) is 4.90 Å². The van der Waals surface area contributed by atoms with Crippen LogP contribution in [0.2, 0.25) is 0 Å². The van der Waals surface area contributed by atoms with Gasteiger partial charge in [-0.05, 0) is 38.5 Å². The van der Waals surface area contributed by atoms with Crippen LogP contribution in [0.1, 0.15) is 32.3 Å². The number of hydrogen-bond acceptors (Lipinski definition) is 4. The molecule has 0 spiro atoms. The Morgan fingerprint density at radius 1 is 1.10 bits per heavy atom. The normalized spacial score (nSPS) is 22.9. The van der Waals surface area contributed by atoms with Crippen LogP contribution in [0.15, 0.2) is 18.2 Å². The summed E-state index contributed by atoms with van der Waals surface area (Å²) >= 11 is 0. The Hall–Kier alpha value is -1.73. The zero-order valence-electron chi connectivity index (χ0n) is 13.5. The van der Waals surface area contributed by atoms with E-state index >= 15 is 0 Å². The molecule has 0 radical (unpaired) electrons. The fourth-order valence-electron chi connectivity index (χ4n) is 2.86. The maximum absolute atomic E-state index is 9.50. The summed E-state index contributed by atoms with van der Waals surface area (Å²) in [6.07, 6.45) is 0. The lowest BCUT2D eigenvalue weighted by Gasteiger charge is -2.31. The van der Waals surface area contributed by atoms with Gasteiger partial charge >= 0.3 is 0 Å². The molecule has 1 fully saturated rings. The van der Waals surface area contributed by atoms with Crippen LogP contribution in [-0.2, 0) is 0 Å². The van der Waals surface area contributed by atoms with E-state index in [1.54, 1.807) is 14.2 Å². The molecule has 0 saturated carbocycles. The quantitative estimate of drug-likeness (QED) is 0.857. The highest BCUT2D eigenvalue weighted by atomic mass is 16.5. The number of hydrogen-bond donors (Lipinski definition) is 0. The van der Waals surface area contributed by atoms with Crippen molar-refractivity contribution in [2.75, 3.05) is 27.3 Å². The highest BCUT2D eigenvalue weighted by molar-refractivity contribution is 5.41. The molecule has 4 heteroatoms. The van der Waals surface area contributed by atoms with E-state index in [1.165, 1.54) is 0 Å². The summed E-state index contributed by atoms with van der Waals surface area (Å²) in [7, 11) is 3.30. The minimum absolute atomic E-state index is 0.000960. The molecular formula is C17H24N2O2. The molecule has 0 unspecified atom stereocenters. The molecule has 1 heterocycles. The number of likely N-dealkylation sites (tertiary alicyclic amines) is 1. The fraction of sp³-hybridized carbons (Fsp3) is 0.588. The lowest BCUT2D eigenvalue weighted by molar-refractivity contribution is 0.170. The Morgan fingerprint density at radius 2 is 1.67 bits per heavy atom.